The molecule has 6 heteroatoms. The molecule has 0 amide bonds. The van der Waals surface area contributed by atoms with E-state index >= 15 is 0 Å². The molecule has 2 N–H and O–H groups in total. The molecule has 0 bridgehead atoms. The van der Waals surface area contributed by atoms with Gasteiger partial charge in [-0.05, 0) is 57.2 Å². The Kier molecular flexibility index (Phi) is 5.76. The molecule has 0 fully saturated rings. The number of ether oxygens (including phenoxy) is 2. The Labute approximate surface area is 159 Å². The number of hydrogen-bond acceptors (Lipinski definition) is 6. The zero-order valence-corrected chi connectivity index (χ0v) is 16.0. The highest BCUT2D eigenvalue weighted by atomic mass is 16.5. The summed E-state index contributed by atoms with van der Waals surface area (Å²) in [5, 5.41) is 6.52. The van der Waals surface area contributed by atoms with Crippen molar-refractivity contribution in [3.8, 4) is 11.5 Å². The van der Waals surface area contributed by atoms with Crippen molar-refractivity contribution in [3.05, 3.63) is 60.3 Å². The van der Waals surface area contributed by atoms with Crippen LogP contribution in [0.5, 0.6) is 11.5 Å². The second kappa shape index (κ2) is 8.40. The number of methoxy groups -OCH3 is 1. The fourth-order valence-corrected chi connectivity index (χ4v) is 2.59. The van der Waals surface area contributed by atoms with Crippen LogP contribution >= 0.6 is 0 Å². The molecule has 27 heavy (non-hydrogen) atoms. The second-order valence-corrected chi connectivity index (χ2v) is 6.36. The number of benzene rings is 2. The lowest BCUT2D eigenvalue weighted by Crippen LogP contribution is -2.05. The highest BCUT2D eigenvalue weighted by Crippen LogP contribution is 2.27. The van der Waals surface area contributed by atoms with Crippen molar-refractivity contribution in [2.24, 2.45) is 0 Å². The van der Waals surface area contributed by atoms with Crippen LogP contribution in [0, 0.1) is 6.92 Å². The molecule has 0 radical (unpaired) electrons. The van der Waals surface area contributed by atoms with Gasteiger partial charge in [0.1, 0.15) is 17.3 Å². The Morgan fingerprint density at radius 3 is 2.37 bits per heavy atom. The minimum Gasteiger partial charge on any atom is -0.495 e. The van der Waals surface area contributed by atoms with E-state index in [-0.39, 0.29) is 6.10 Å². The largest absolute Gasteiger partial charge is 0.495 e. The Morgan fingerprint density at radius 2 is 1.67 bits per heavy atom. The van der Waals surface area contributed by atoms with Crippen LogP contribution in [-0.4, -0.2) is 23.2 Å². The van der Waals surface area contributed by atoms with Crippen LogP contribution in [0.15, 0.2) is 54.6 Å². The fraction of sp³-hybridized carbons (Fsp3) is 0.238. The number of aryl methyl sites for hydroxylation is 1. The normalized spacial score (nSPS) is 10.6. The van der Waals surface area contributed by atoms with Crippen molar-refractivity contribution in [3.63, 3.8) is 0 Å². The maximum atomic E-state index is 5.66. The standard InChI is InChI=1S/C21H24N4O2/c1-14(2)27-17-11-9-16(10-12-17)23-21-22-15(3)13-20(25-21)24-18-7-5-6-8-19(18)26-4/h5-14H,1-4H3,(H2,22,23,24,25). The van der Waals surface area contributed by atoms with E-state index < -0.39 is 0 Å². The van der Waals surface area contributed by atoms with E-state index in [1.165, 1.54) is 0 Å². The number of anilines is 4. The number of nitrogens with zero attached hydrogens (tertiary/aromatic N) is 2. The van der Waals surface area contributed by atoms with Crippen molar-refractivity contribution < 1.29 is 9.47 Å². The van der Waals surface area contributed by atoms with Crippen molar-refractivity contribution >= 4 is 23.1 Å². The predicted octanol–water partition coefficient (Wildman–Crippen LogP) is 5.07. The van der Waals surface area contributed by atoms with Crippen molar-refractivity contribution in [1.82, 2.24) is 9.97 Å². The summed E-state index contributed by atoms with van der Waals surface area (Å²) in [5.41, 5.74) is 2.59. The molecule has 0 unspecified atom stereocenters. The smallest absolute Gasteiger partial charge is 0.229 e. The summed E-state index contributed by atoms with van der Waals surface area (Å²) in [5.74, 6) is 2.79. The van der Waals surface area contributed by atoms with E-state index in [0.29, 0.717) is 11.8 Å². The number of para-hydroxylation sites is 2. The van der Waals surface area contributed by atoms with Crippen molar-refractivity contribution in [1.29, 1.82) is 0 Å². The van der Waals surface area contributed by atoms with Gasteiger partial charge in [-0.15, -0.1) is 0 Å². The molecule has 3 rings (SSSR count). The molecule has 3 aromatic rings. The molecule has 0 aliphatic heterocycles. The number of aromatic nitrogens is 2. The van der Waals surface area contributed by atoms with Gasteiger partial charge in [0.25, 0.3) is 0 Å². The maximum absolute atomic E-state index is 5.66. The van der Waals surface area contributed by atoms with E-state index in [0.717, 1.165) is 28.6 Å². The van der Waals surface area contributed by atoms with Crippen LogP contribution in [0.25, 0.3) is 0 Å². The molecule has 0 aliphatic carbocycles. The monoisotopic (exact) mass is 364 g/mol. The third-order valence-corrected chi connectivity index (χ3v) is 3.71. The van der Waals surface area contributed by atoms with Crippen LogP contribution in [0.2, 0.25) is 0 Å². The molecule has 2 aromatic carbocycles. The van der Waals surface area contributed by atoms with E-state index in [2.05, 4.69) is 20.6 Å². The Balaban J connectivity index is 1.77. The van der Waals surface area contributed by atoms with E-state index in [1.54, 1.807) is 7.11 Å². The van der Waals surface area contributed by atoms with Gasteiger partial charge in [-0.1, -0.05) is 12.1 Å². The minimum absolute atomic E-state index is 0.146. The average Bonchev–Trinajstić information content (AvgIpc) is 2.63. The molecule has 0 aliphatic rings. The topological polar surface area (TPSA) is 68.3 Å². The molecule has 0 saturated heterocycles. The molecule has 1 aromatic heterocycles. The van der Waals surface area contributed by atoms with Gasteiger partial charge < -0.3 is 20.1 Å². The molecule has 6 nitrogen and oxygen atoms in total. The zero-order chi connectivity index (χ0) is 19.2. The Hall–Kier alpha value is -3.28. The van der Waals surface area contributed by atoms with Crippen molar-refractivity contribution in [2.75, 3.05) is 17.7 Å². The average molecular weight is 364 g/mol. The maximum Gasteiger partial charge on any atom is 0.229 e. The molecule has 140 valence electrons. The molecule has 1 heterocycles. The van der Waals surface area contributed by atoms with Crippen LogP contribution in [0.3, 0.4) is 0 Å². The lowest BCUT2D eigenvalue weighted by molar-refractivity contribution is 0.242. The summed E-state index contributed by atoms with van der Waals surface area (Å²) in [4.78, 5) is 9.01. The first kappa shape index (κ1) is 18.5. The van der Waals surface area contributed by atoms with Gasteiger partial charge in [0.2, 0.25) is 5.95 Å². The second-order valence-electron chi connectivity index (χ2n) is 6.36. The van der Waals surface area contributed by atoms with Crippen LogP contribution in [-0.2, 0) is 0 Å². The first-order valence-electron chi connectivity index (χ1n) is 8.83. The van der Waals surface area contributed by atoms with Gasteiger partial charge in [0, 0.05) is 17.4 Å². The van der Waals surface area contributed by atoms with Crippen LogP contribution in [0.4, 0.5) is 23.1 Å². The summed E-state index contributed by atoms with van der Waals surface area (Å²) in [7, 11) is 1.64. The third-order valence-electron chi connectivity index (χ3n) is 3.71. The number of nitrogens with one attached hydrogen (secondary N) is 2. The highest BCUT2D eigenvalue weighted by molar-refractivity contribution is 5.65. The van der Waals surface area contributed by atoms with Gasteiger partial charge in [-0.25, -0.2) is 4.98 Å². The number of rotatable bonds is 7. The van der Waals surface area contributed by atoms with Crippen LogP contribution < -0.4 is 20.1 Å². The van der Waals surface area contributed by atoms with Gasteiger partial charge in [-0.3, -0.25) is 0 Å². The van der Waals surface area contributed by atoms with E-state index in [4.69, 9.17) is 9.47 Å². The van der Waals surface area contributed by atoms with Crippen molar-refractivity contribution in [2.45, 2.75) is 26.9 Å². The van der Waals surface area contributed by atoms with Crippen LogP contribution in [0.1, 0.15) is 19.5 Å². The third kappa shape index (κ3) is 5.10. The Bertz CT molecular complexity index is 895. The summed E-state index contributed by atoms with van der Waals surface area (Å²) in [6.07, 6.45) is 0.146. The molecule has 0 saturated carbocycles. The highest BCUT2D eigenvalue weighted by Gasteiger charge is 2.07. The van der Waals surface area contributed by atoms with Gasteiger partial charge in [0.15, 0.2) is 0 Å². The lowest BCUT2D eigenvalue weighted by atomic mass is 10.3. The van der Waals surface area contributed by atoms with E-state index in [1.807, 2.05) is 75.4 Å². The van der Waals surface area contributed by atoms with Gasteiger partial charge in [-0.2, -0.15) is 4.98 Å². The first-order valence-corrected chi connectivity index (χ1v) is 8.83. The zero-order valence-electron chi connectivity index (χ0n) is 16.0. The predicted molar refractivity (Wildman–Crippen MR) is 109 cm³/mol. The summed E-state index contributed by atoms with van der Waals surface area (Å²) in [6.45, 7) is 5.94. The molecular formula is C21H24N4O2. The van der Waals surface area contributed by atoms with E-state index in [9.17, 15) is 0 Å². The molecular weight excluding hydrogens is 340 g/mol. The first-order chi connectivity index (χ1) is 13.0. The molecule has 0 spiro atoms. The summed E-state index contributed by atoms with van der Waals surface area (Å²) >= 11 is 0. The fourth-order valence-electron chi connectivity index (χ4n) is 2.59. The SMILES string of the molecule is COc1ccccc1Nc1cc(C)nc(Nc2ccc(OC(C)C)cc2)n1. The summed E-state index contributed by atoms with van der Waals surface area (Å²) < 4.78 is 11.0. The molecule has 0 atom stereocenters. The summed E-state index contributed by atoms with van der Waals surface area (Å²) in [6, 6.07) is 17.3. The Morgan fingerprint density at radius 1 is 0.926 bits per heavy atom. The number of hydrogen-bond donors (Lipinski definition) is 2. The van der Waals surface area contributed by atoms with Gasteiger partial charge in [0.05, 0.1) is 18.9 Å². The van der Waals surface area contributed by atoms with Gasteiger partial charge >= 0.3 is 0 Å². The quantitative estimate of drug-likeness (QED) is 0.610. The lowest BCUT2D eigenvalue weighted by Gasteiger charge is -2.13. The minimum atomic E-state index is 0.146.